The van der Waals surface area contributed by atoms with Crippen molar-refractivity contribution in [2.45, 2.75) is 12.8 Å². The zero-order valence-electron chi connectivity index (χ0n) is 7.22. The molecule has 1 aromatic rings. The van der Waals surface area contributed by atoms with Crippen LogP contribution in [-0.2, 0) is 4.79 Å². The number of benzene rings is 1. The Hall–Kier alpha value is -0.970. The molecular weight excluding hydrogens is 258 g/mol. The van der Waals surface area contributed by atoms with E-state index in [0.717, 1.165) is 6.07 Å². The molecule has 1 N–H and O–H groups in total. The molecule has 1 unspecified atom stereocenters. The van der Waals surface area contributed by atoms with Gasteiger partial charge in [0.1, 0.15) is 0 Å². The van der Waals surface area contributed by atoms with Crippen LogP contribution in [0.1, 0.15) is 18.4 Å². The minimum absolute atomic E-state index is 0.163. The summed E-state index contributed by atoms with van der Waals surface area (Å²) in [6, 6.07) is 2.21. The fourth-order valence-corrected chi connectivity index (χ4v) is 1.47. The van der Waals surface area contributed by atoms with Crippen LogP contribution in [0.2, 0.25) is 0 Å². The highest BCUT2D eigenvalue weighted by atomic mass is 79.9. The van der Waals surface area contributed by atoms with Crippen LogP contribution >= 0.6 is 15.9 Å². The maximum atomic E-state index is 13.1. The van der Waals surface area contributed by atoms with Crippen molar-refractivity contribution in [3.63, 3.8) is 0 Å². The van der Waals surface area contributed by atoms with E-state index in [1.807, 2.05) is 0 Å². The Labute approximate surface area is 87.7 Å². The first-order chi connectivity index (χ1) is 6.43. The first-order valence-electron chi connectivity index (χ1n) is 3.80. The minimum Gasteiger partial charge on any atom is -0.481 e. The second-order valence-electron chi connectivity index (χ2n) is 2.85. The predicted molar refractivity (Wildman–Crippen MR) is 50.1 cm³/mol. The lowest BCUT2D eigenvalue weighted by Gasteiger charge is -2.08. The summed E-state index contributed by atoms with van der Waals surface area (Å²) in [5.41, 5.74) is -0.163. The molecule has 0 aromatic heterocycles. The van der Waals surface area contributed by atoms with Gasteiger partial charge in [0.2, 0.25) is 0 Å². The third-order valence-corrected chi connectivity index (χ3v) is 2.32. The predicted octanol–water partition coefficient (Wildman–Crippen LogP) is 2.92. The van der Waals surface area contributed by atoms with Gasteiger partial charge < -0.3 is 5.11 Å². The number of rotatable bonds is 2. The maximum absolute atomic E-state index is 13.1. The van der Waals surface area contributed by atoms with Crippen LogP contribution in [0.3, 0.4) is 0 Å². The van der Waals surface area contributed by atoms with Gasteiger partial charge in [-0.1, -0.05) is 15.9 Å². The second kappa shape index (κ2) is 4.04. The van der Waals surface area contributed by atoms with E-state index in [4.69, 9.17) is 5.11 Å². The highest BCUT2D eigenvalue weighted by Crippen LogP contribution is 2.25. The van der Waals surface area contributed by atoms with E-state index in [1.54, 1.807) is 0 Å². The molecule has 0 saturated heterocycles. The molecule has 1 atom stereocenters. The van der Waals surface area contributed by atoms with Gasteiger partial charge in [-0.2, -0.15) is 0 Å². The molecule has 76 valence electrons. The first-order valence-corrected chi connectivity index (χ1v) is 4.60. The number of carboxylic acid groups (broad SMARTS) is 1. The lowest BCUT2D eigenvalue weighted by Crippen LogP contribution is -2.10. The molecule has 0 bridgehead atoms. The summed E-state index contributed by atoms with van der Waals surface area (Å²) in [4.78, 5) is 10.6. The Morgan fingerprint density at radius 1 is 1.50 bits per heavy atom. The van der Waals surface area contributed by atoms with Gasteiger partial charge in [-0.25, -0.2) is 8.78 Å². The van der Waals surface area contributed by atoms with E-state index < -0.39 is 23.5 Å². The number of aliphatic carboxylic acids is 1. The average molecular weight is 265 g/mol. The lowest BCUT2D eigenvalue weighted by atomic mass is 10.0. The molecular formula is C9H7BrF2O2. The van der Waals surface area contributed by atoms with Crippen molar-refractivity contribution in [3.8, 4) is 0 Å². The monoisotopic (exact) mass is 264 g/mol. The van der Waals surface area contributed by atoms with Crippen LogP contribution in [0.25, 0.3) is 0 Å². The molecule has 0 fully saturated rings. The van der Waals surface area contributed by atoms with Crippen molar-refractivity contribution in [2.75, 3.05) is 0 Å². The highest BCUT2D eigenvalue weighted by Gasteiger charge is 2.20. The van der Waals surface area contributed by atoms with Gasteiger partial charge in [-0.05, 0) is 19.1 Å². The molecule has 2 nitrogen and oxygen atoms in total. The van der Waals surface area contributed by atoms with E-state index in [-0.39, 0.29) is 5.56 Å². The summed E-state index contributed by atoms with van der Waals surface area (Å²) in [7, 11) is 0. The molecule has 0 saturated carbocycles. The van der Waals surface area contributed by atoms with Crippen molar-refractivity contribution in [2.24, 2.45) is 0 Å². The normalized spacial score (nSPS) is 12.6. The Morgan fingerprint density at radius 3 is 2.57 bits per heavy atom. The van der Waals surface area contributed by atoms with Gasteiger partial charge in [0, 0.05) is 10.0 Å². The van der Waals surface area contributed by atoms with E-state index in [2.05, 4.69) is 15.9 Å². The van der Waals surface area contributed by atoms with Crippen LogP contribution in [0.4, 0.5) is 8.78 Å². The van der Waals surface area contributed by atoms with Crippen LogP contribution in [0.15, 0.2) is 16.6 Å². The highest BCUT2D eigenvalue weighted by molar-refractivity contribution is 9.10. The summed E-state index contributed by atoms with van der Waals surface area (Å²) in [6.07, 6.45) is 0. The molecule has 1 rings (SSSR count). The molecule has 0 aliphatic rings. The summed E-state index contributed by atoms with van der Waals surface area (Å²) in [5.74, 6) is -4.42. The number of halogens is 3. The molecule has 0 heterocycles. The zero-order valence-corrected chi connectivity index (χ0v) is 8.81. The van der Waals surface area contributed by atoms with Crippen molar-refractivity contribution in [1.29, 1.82) is 0 Å². The molecule has 0 radical (unpaired) electrons. The molecule has 0 aliphatic heterocycles. The van der Waals surface area contributed by atoms with Gasteiger partial charge in [0.15, 0.2) is 11.6 Å². The first kappa shape index (κ1) is 11.1. The summed E-state index contributed by atoms with van der Waals surface area (Å²) >= 11 is 2.96. The molecule has 0 spiro atoms. The maximum Gasteiger partial charge on any atom is 0.310 e. The van der Waals surface area contributed by atoms with Crippen LogP contribution in [-0.4, -0.2) is 11.1 Å². The third-order valence-electron chi connectivity index (χ3n) is 1.86. The van der Waals surface area contributed by atoms with Gasteiger partial charge in [-0.3, -0.25) is 4.79 Å². The number of hydrogen-bond acceptors (Lipinski definition) is 1. The van der Waals surface area contributed by atoms with E-state index in [1.165, 1.54) is 13.0 Å². The average Bonchev–Trinajstić information content (AvgIpc) is 2.09. The summed E-state index contributed by atoms with van der Waals surface area (Å²) in [6.45, 7) is 1.30. The molecule has 14 heavy (non-hydrogen) atoms. The number of carboxylic acids is 1. The Kier molecular flexibility index (Phi) is 3.21. The van der Waals surface area contributed by atoms with E-state index >= 15 is 0 Å². The topological polar surface area (TPSA) is 37.3 Å². The third kappa shape index (κ3) is 2.09. The Balaban J connectivity index is 3.26. The van der Waals surface area contributed by atoms with Crippen LogP contribution in [0, 0.1) is 11.6 Å². The van der Waals surface area contributed by atoms with Crippen molar-refractivity contribution < 1.29 is 18.7 Å². The second-order valence-corrected chi connectivity index (χ2v) is 3.77. The Bertz CT molecular complexity index is 379. The molecule has 1 aromatic carbocycles. The minimum atomic E-state index is -1.19. The van der Waals surface area contributed by atoms with Gasteiger partial charge in [0.25, 0.3) is 0 Å². The fraction of sp³-hybridized carbons (Fsp3) is 0.222. The van der Waals surface area contributed by atoms with Crippen LogP contribution < -0.4 is 0 Å². The van der Waals surface area contributed by atoms with Crippen molar-refractivity contribution >= 4 is 21.9 Å². The van der Waals surface area contributed by atoms with Crippen molar-refractivity contribution in [3.05, 3.63) is 33.8 Å². The fourth-order valence-electron chi connectivity index (χ4n) is 1.02. The summed E-state index contributed by atoms with van der Waals surface area (Å²) < 4.78 is 26.3. The zero-order chi connectivity index (χ0) is 10.9. The standard InChI is InChI=1S/C9H7BrF2O2/c1-4(9(13)14)6-2-5(10)3-7(11)8(6)12/h2-4H,1H3,(H,13,14). The van der Waals surface area contributed by atoms with Gasteiger partial charge >= 0.3 is 5.97 Å². The molecule has 5 heteroatoms. The molecule has 0 amide bonds. The van der Waals surface area contributed by atoms with Gasteiger partial charge in [0.05, 0.1) is 5.92 Å². The number of hydrogen-bond donors (Lipinski definition) is 1. The Morgan fingerprint density at radius 2 is 2.07 bits per heavy atom. The SMILES string of the molecule is CC(C(=O)O)c1cc(Br)cc(F)c1F. The quantitative estimate of drug-likeness (QED) is 0.835. The lowest BCUT2D eigenvalue weighted by molar-refractivity contribution is -0.138. The largest absolute Gasteiger partial charge is 0.481 e. The number of carbonyl (C=O) groups is 1. The smallest absolute Gasteiger partial charge is 0.310 e. The van der Waals surface area contributed by atoms with E-state index in [0.29, 0.717) is 4.47 Å². The molecule has 0 aliphatic carbocycles. The van der Waals surface area contributed by atoms with E-state index in [9.17, 15) is 13.6 Å². The van der Waals surface area contributed by atoms with Crippen molar-refractivity contribution in [1.82, 2.24) is 0 Å². The van der Waals surface area contributed by atoms with Gasteiger partial charge in [-0.15, -0.1) is 0 Å². The van der Waals surface area contributed by atoms with Crippen LogP contribution in [0.5, 0.6) is 0 Å². The summed E-state index contributed by atoms with van der Waals surface area (Å²) in [5, 5.41) is 8.64.